The van der Waals surface area contributed by atoms with Crippen LogP contribution in [0.5, 0.6) is 0 Å². The van der Waals surface area contributed by atoms with Crippen LogP contribution >= 0.6 is 0 Å². The number of unbranched alkanes of at least 4 members (excludes halogenated alkanes) is 2. The van der Waals surface area contributed by atoms with Gasteiger partial charge in [0.2, 0.25) is 0 Å². The summed E-state index contributed by atoms with van der Waals surface area (Å²) in [6.07, 6.45) is 4.73. The Hall–Kier alpha value is -1.03. The lowest BCUT2D eigenvalue weighted by atomic mass is 10.2. The lowest BCUT2D eigenvalue weighted by Gasteiger charge is -2.04. The predicted molar refractivity (Wildman–Crippen MR) is 62.1 cm³/mol. The van der Waals surface area contributed by atoms with E-state index in [1.54, 1.807) is 0 Å². The van der Waals surface area contributed by atoms with Gasteiger partial charge in [0.05, 0.1) is 19.5 Å². The van der Waals surface area contributed by atoms with Gasteiger partial charge in [-0.1, -0.05) is 13.0 Å². The van der Waals surface area contributed by atoms with Crippen molar-refractivity contribution in [2.75, 3.05) is 26.4 Å². The molecule has 0 fully saturated rings. The van der Waals surface area contributed by atoms with Crippen LogP contribution in [0.1, 0.15) is 32.6 Å². The summed E-state index contributed by atoms with van der Waals surface area (Å²) in [6.45, 7) is 7.56. The van der Waals surface area contributed by atoms with Crippen LogP contribution in [0.25, 0.3) is 0 Å². The summed E-state index contributed by atoms with van der Waals surface area (Å²) < 4.78 is 15.0. The highest BCUT2D eigenvalue weighted by molar-refractivity contribution is 5.69. The molecule has 0 N–H and O–H groups in total. The maximum absolute atomic E-state index is 11.0. The molecule has 0 saturated heterocycles. The molecular formula is C12H22O4. The van der Waals surface area contributed by atoms with Crippen molar-refractivity contribution in [3.63, 3.8) is 0 Å². The van der Waals surface area contributed by atoms with Gasteiger partial charge in [-0.3, -0.25) is 4.79 Å². The first-order valence-corrected chi connectivity index (χ1v) is 5.77. The summed E-state index contributed by atoms with van der Waals surface area (Å²) in [4.78, 5) is 11.0. The normalized spacial score (nSPS) is 9.81. The number of hydrogen-bond acceptors (Lipinski definition) is 4. The Morgan fingerprint density at radius 1 is 1.19 bits per heavy atom. The van der Waals surface area contributed by atoms with E-state index >= 15 is 0 Å². The molecule has 0 aromatic heterocycles. The van der Waals surface area contributed by atoms with Gasteiger partial charge in [0, 0.05) is 13.0 Å². The fourth-order valence-electron chi connectivity index (χ4n) is 1.18. The summed E-state index contributed by atoms with van der Waals surface area (Å²) >= 11 is 0. The van der Waals surface area contributed by atoms with Crippen LogP contribution in [0.2, 0.25) is 0 Å². The van der Waals surface area contributed by atoms with Crippen molar-refractivity contribution < 1.29 is 19.0 Å². The van der Waals surface area contributed by atoms with Gasteiger partial charge < -0.3 is 14.2 Å². The highest BCUT2D eigenvalue weighted by atomic mass is 16.5. The van der Waals surface area contributed by atoms with Crippen molar-refractivity contribution in [3.05, 3.63) is 12.8 Å². The molecule has 0 saturated carbocycles. The summed E-state index contributed by atoms with van der Waals surface area (Å²) in [5.74, 6) is -0.109. The van der Waals surface area contributed by atoms with Crippen LogP contribution in [0.15, 0.2) is 12.8 Å². The van der Waals surface area contributed by atoms with Crippen molar-refractivity contribution in [1.29, 1.82) is 0 Å². The number of carbonyl (C=O) groups excluding carboxylic acids is 1. The van der Waals surface area contributed by atoms with Gasteiger partial charge in [0.15, 0.2) is 0 Å². The molecule has 4 heteroatoms. The number of rotatable bonds is 11. The zero-order chi connectivity index (χ0) is 12.1. The fraction of sp³-hybridized carbons (Fsp3) is 0.750. The molecule has 0 heterocycles. The summed E-state index contributed by atoms with van der Waals surface area (Å²) in [5, 5.41) is 0. The zero-order valence-electron chi connectivity index (χ0n) is 10.1. The van der Waals surface area contributed by atoms with Gasteiger partial charge in [-0.15, -0.1) is 0 Å². The molecule has 0 amide bonds. The van der Waals surface area contributed by atoms with E-state index in [1.165, 1.54) is 6.26 Å². The summed E-state index contributed by atoms with van der Waals surface area (Å²) in [6, 6.07) is 0. The van der Waals surface area contributed by atoms with Crippen molar-refractivity contribution in [2.24, 2.45) is 0 Å². The van der Waals surface area contributed by atoms with Crippen molar-refractivity contribution in [2.45, 2.75) is 32.6 Å². The molecule has 0 spiro atoms. The predicted octanol–water partition coefficient (Wildman–Crippen LogP) is 2.29. The fourth-order valence-corrected chi connectivity index (χ4v) is 1.18. The molecule has 0 aromatic carbocycles. The van der Waals surface area contributed by atoms with Crippen molar-refractivity contribution in [1.82, 2.24) is 0 Å². The van der Waals surface area contributed by atoms with Crippen LogP contribution in [-0.2, 0) is 19.0 Å². The van der Waals surface area contributed by atoms with E-state index in [0.717, 1.165) is 19.3 Å². The Morgan fingerprint density at radius 2 is 2.00 bits per heavy atom. The van der Waals surface area contributed by atoms with E-state index < -0.39 is 0 Å². The smallest absolute Gasteiger partial charge is 0.305 e. The van der Waals surface area contributed by atoms with Crippen LogP contribution in [0, 0.1) is 0 Å². The molecule has 0 unspecified atom stereocenters. The zero-order valence-corrected chi connectivity index (χ0v) is 10.1. The first kappa shape index (κ1) is 15.0. The Kier molecular flexibility index (Phi) is 11.3. The number of hydrogen-bond donors (Lipinski definition) is 0. The molecule has 0 aromatic rings. The largest absolute Gasteiger partial charge is 0.499 e. The number of carbonyl (C=O) groups is 1. The second-order valence-electron chi connectivity index (χ2n) is 3.27. The van der Waals surface area contributed by atoms with E-state index in [4.69, 9.17) is 14.2 Å². The Labute approximate surface area is 97.6 Å². The van der Waals surface area contributed by atoms with E-state index in [-0.39, 0.29) is 5.97 Å². The second-order valence-corrected chi connectivity index (χ2v) is 3.27. The van der Waals surface area contributed by atoms with Crippen molar-refractivity contribution in [3.8, 4) is 0 Å². The average molecular weight is 230 g/mol. The minimum atomic E-state index is -0.109. The standard InChI is InChI=1S/C12H22O4/c1-3-14-10-11-15-9-7-5-6-8-12(13)16-4-2/h3H,1,4-11H2,2H3. The molecule has 0 radical (unpaired) electrons. The molecule has 16 heavy (non-hydrogen) atoms. The van der Waals surface area contributed by atoms with Gasteiger partial charge in [0.1, 0.15) is 6.61 Å². The molecule has 94 valence electrons. The highest BCUT2D eigenvalue weighted by Crippen LogP contribution is 2.01. The number of ether oxygens (including phenoxy) is 3. The number of esters is 1. The summed E-state index contributed by atoms with van der Waals surface area (Å²) in [5.41, 5.74) is 0. The Morgan fingerprint density at radius 3 is 2.69 bits per heavy atom. The van der Waals surface area contributed by atoms with E-state index in [9.17, 15) is 4.79 Å². The molecule has 0 aliphatic carbocycles. The first-order valence-electron chi connectivity index (χ1n) is 5.77. The molecule has 0 aliphatic rings. The summed E-state index contributed by atoms with van der Waals surface area (Å²) in [7, 11) is 0. The van der Waals surface area contributed by atoms with Gasteiger partial charge in [-0.05, 0) is 19.8 Å². The van der Waals surface area contributed by atoms with Crippen LogP contribution in [0.4, 0.5) is 0 Å². The average Bonchev–Trinajstić information content (AvgIpc) is 2.27. The topological polar surface area (TPSA) is 44.8 Å². The second kappa shape index (κ2) is 12.0. The maximum atomic E-state index is 11.0. The molecule has 0 aliphatic heterocycles. The van der Waals surface area contributed by atoms with Gasteiger partial charge in [0.25, 0.3) is 0 Å². The highest BCUT2D eigenvalue weighted by Gasteiger charge is 2.00. The maximum Gasteiger partial charge on any atom is 0.305 e. The third kappa shape index (κ3) is 11.0. The lowest BCUT2D eigenvalue weighted by Crippen LogP contribution is -2.04. The third-order valence-electron chi connectivity index (χ3n) is 1.94. The molecule has 0 rings (SSSR count). The minimum Gasteiger partial charge on any atom is -0.499 e. The molecule has 0 bridgehead atoms. The first-order chi connectivity index (χ1) is 7.81. The van der Waals surface area contributed by atoms with E-state index in [0.29, 0.717) is 32.8 Å². The van der Waals surface area contributed by atoms with Gasteiger partial charge in [-0.25, -0.2) is 0 Å². The van der Waals surface area contributed by atoms with E-state index in [1.807, 2.05) is 6.92 Å². The minimum absolute atomic E-state index is 0.109. The Bertz CT molecular complexity index is 180. The van der Waals surface area contributed by atoms with Gasteiger partial charge in [-0.2, -0.15) is 0 Å². The third-order valence-corrected chi connectivity index (χ3v) is 1.94. The Balaban J connectivity index is 3.03. The monoisotopic (exact) mass is 230 g/mol. The van der Waals surface area contributed by atoms with Crippen LogP contribution in [-0.4, -0.2) is 32.4 Å². The van der Waals surface area contributed by atoms with Crippen LogP contribution in [0.3, 0.4) is 0 Å². The SMILES string of the molecule is C=COCCOCCCCCC(=O)OCC. The van der Waals surface area contributed by atoms with E-state index in [2.05, 4.69) is 6.58 Å². The van der Waals surface area contributed by atoms with Crippen LogP contribution < -0.4 is 0 Å². The van der Waals surface area contributed by atoms with Gasteiger partial charge >= 0.3 is 5.97 Å². The quantitative estimate of drug-likeness (QED) is 0.310. The molecule has 4 nitrogen and oxygen atoms in total. The lowest BCUT2D eigenvalue weighted by molar-refractivity contribution is -0.143. The molecule has 0 atom stereocenters. The van der Waals surface area contributed by atoms with Crippen molar-refractivity contribution >= 4 is 5.97 Å². The molecular weight excluding hydrogens is 208 g/mol.